The first kappa shape index (κ1) is 15.3. The van der Waals surface area contributed by atoms with Gasteiger partial charge in [0.2, 0.25) is 0 Å². The van der Waals surface area contributed by atoms with E-state index in [1.807, 2.05) is 0 Å². The summed E-state index contributed by atoms with van der Waals surface area (Å²) < 4.78 is 13.7. The smallest absolute Gasteiger partial charge is 0.254 e. The summed E-state index contributed by atoms with van der Waals surface area (Å²) in [7, 11) is 0. The lowest BCUT2D eigenvalue weighted by molar-refractivity contribution is 0.0713. The largest absolute Gasteiger partial charge is 0.394 e. The number of amides is 1. The maximum absolute atomic E-state index is 13.7. The first-order valence-corrected chi connectivity index (χ1v) is 7.22. The van der Waals surface area contributed by atoms with E-state index in [4.69, 9.17) is 11.6 Å². The van der Waals surface area contributed by atoms with E-state index in [1.54, 1.807) is 0 Å². The van der Waals surface area contributed by atoms with Crippen LogP contribution in [0.2, 0.25) is 5.02 Å². The fourth-order valence-corrected chi connectivity index (χ4v) is 2.78. The molecular weight excluding hydrogens is 281 g/mol. The van der Waals surface area contributed by atoms with Gasteiger partial charge in [0.25, 0.3) is 5.91 Å². The van der Waals surface area contributed by atoms with Gasteiger partial charge in [0.15, 0.2) is 0 Å². The number of hydrogen-bond acceptors (Lipinski definition) is 2. The summed E-state index contributed by atoms with van der Waals surface area (Å²) in [5.74, 6) is -0.547. The van der Waals surface area contributed by atoms with Crippen molar-refractivity contribution in [3.63, 3.8) is 0 Å². The number of carbonyl (C=O) groups is 1. The standard InChI is InChI=1S/C15H19ClFNO2/c1-10-4-6-15(9-19,7-5-10)18-14(20)12-3-2-11(16)8-13(12)17/h2-3,8,10,19H,4-7,9H2,1H3,(H,18,20). The molecule has 1 aliphatic carbocycles. The molecule has 0 aliphatic heterocycles. The van der Waals surface area contributed by atoms with Crippen LogP contribution in [0, 0.1) is 11.7 Å². The van der Waals surface area contributed by atoms with E-state index in [2.05, 4.69) is 12.2 Å². The van der Waals surface area contributed by atoms with Crippen LogP contribution in [0.5, 0.6) is 0 Å². The Kier molecular flexibility index (Phi) is 4.66. The Labute approximate surface area is 123 Å². The molecule has 5 heteroatoms. The minimum absolute atomic E-state index is 0.0409. The molecule has 0 saturated heterocycles. The Hall–Kier alpha value is -1.13. The summed E-state index contributed by atoms with van der Waals surface area (Å²) in [6.45, 7) is 2.03. The van der Waals surface area contributed by atoms with Crippen LogP contribution in [-0.2, 0) is 0 Å². The molecule has 0 spiro atoms. The van der Waals surface area contributed by atoms with E-state index in [9.17, 15) is 14.3 Å². The topological polar surface area (TPSA) is 49.3 Å². The third-order valence-electron chi connectivity index (χ3n) is 4.09. The fourth-order valence-electron chi connectivity index (χ4n) is 2.62. The van der Waals surface area contributed by atoms with Crippen molar-refractivity contribution in [2.45, 2.75) is 38.1 Å². The second-order valence-electron chi connectivity index (χ2n) is 5.70. The van der Waals surface area contributed by atoms with Crippen molar-refractivity contribution in [3.05, 3.63) is 34.6 Å². The molecule has 1 saturated carbocycles. The lowest BCUT2D eigenvalue weighted by Crippen LogP contribution is -2.53. The number of rotatable bonds is 3. The molecule has 1 fully saturated rings. The summed E-state index contributed by atoms with van der Waals surface area (Å²) in [5, 5.41) is 12.7. The second kappa shape index (κ2) is 6.10. The summed E-state index contributed by atoms with van der Waals surface area (Å²) in [5.41, 5.74) is -0.670. The highest BCUT2D eigenvalue weighted by Crippen LogP contribution is 2.32. The molecule has 1 aromatic carbocycles. The Morgan fingerprint density at radius 2 is 2.15 bits per heavy atom. The maximum atomic E-state index is 13.7. The van der Waals surface area contributed by atoms with Gasteiger partial charge in [-0.2, -0.15) is 0 Å². The van der Waals surface area contributed by atoms with Gasteiger partial charge in [-0.3, -0.25) is 4.79 Å². The van der Waals surface area contributed by atoms with E-state index in [0.29, 0.717) is 18.8 Å². The lowest BCUT2D eigenvalue weighted by Gasteiger charge is -2.38. The molecule has 0 atom stereocenters. The van der Waals surface area contributed by atoms with Gasteiger partial charge in [-0.1, -0.05) is 18.5 Å². The van der Waals surface area contributed by atoms with Gasteiger partial charge in [0, 0.05) is 5.02 Å². The van der Waals surface area contributed by atoms with Crippen molar-refractivity contribution in [3.8, 4) is 0 Å². The van der Waals surface area contributed by atoms with Gasteiger partial charge >= 0.3 is 0 Å². The normalized spacial score (nSPS) is 26.3. The Morgan fingerprint density at radius 1 is 1.50 bits per heavy atom. The molecule has 110 valence electrons. The molecule has 1 aromatic rings. The van der Waals surface area contributed by atoms with Crippen LogP contribution >= 0.6 is 11.6 Å². The van der Waals surface area contributed by atoms with Crippen molar-refractivity contribution in [2.75, 3.05) is 6.61 Å². The molecule has 3 nitrogen and oxygen atoms in total. The third kappa shape index (κ3) is 3.30. The van der Waals surface area contributed by atoms with Crippen molar-refractivity contribution < 1.29 is 14.3 Å². The number of aliphatic hydroxyl groups excluding tert-OH is 1. The number of hydrogen-bond donors (Lipinski definition) is 2. The van der Waals surface area contributed by atoms with E-state index in [0.717, 1.165) is 18.9 Å². The fraction of sp³-hybridized carbons (Fsp3) is 0.533. The van der Waals surface area contributed by atoms with Gasteiger partial charge in [0.05, 0.1) is 17.7 Å². The van der Waals surface area contributed by atoms with E-state index in [-0.39, 0.29) is 17.2 Å². The average molecular weight is 300 g/mol. The summed E-state index contributed by atoms with van der Waals surface area (Å²) in [6, 6.07) is 3.96. The summed E-state index contributed by atoms with van der Waals surface area (Å²) in [6.07, 6.45) is 3.32. The van der Waals surface area contributed by atoms with Gasteiger partial charge in [-0.15, -0.1) is 0 Å². The van der Waals surface area contributed by atoms with Crippen LogP contribution in [0.3, 0.4) is 0 Å². The summed E-state index contributed by atoms with van der Waals surface area (Å²) >= 11 is 5.67. The summed E-state index contributed by atoms with van der Waals surface area (Å²) in [4.78, 5) is 12.2. The third-order valence-corrected chi connectivity index (χ3v) is 4.32. The average Bonchev–Trinajstić information content (AvgIpc) is 2.41. The second-order valence-corrected chi connectivity index (χ2v) is 6.14. The molecular formula is C15H19ClFNO2. The molecule has 0 aromatic heterocycles. The molecule has 2 rings (SSSR count). The van der Waals surface area contributed by atoms with Gasteiger partial charge in [0.1, 0.15) is 5.82 Å². The first-order valence-electron chi connectivity index (χ1n) is 6.84. The van der Waals surface area contributed by atoms with Crippen LogP contribution in [0.4, 0.5) is 4.39 Å². The predicted molar refractivity (Wildman–Crippen MR) is 76.3 cm³/mol. The SMILES string of the molecule is CC1CCC(CO)(NC(=O)c2ccc(Cl)cc2F)CC1. The number of halogens is 2. The zero-order valence-electron chi connectivity index (χ0n) is 11.5. The van der Waals surface area contributed by atoms with E-state index < -0.39 is 17.3 Å². The molecule has 0 unspecified atom stereocenters. The highest BCUT2D eigenvalue weighted by Gasteiger charge is 2.35. The first-order chi connectivity index (χ1) is 9.46. The highest BCUT2D eigenvalue weighted by molar-refractivity contribution is 6.30. The van der Waals surface area contributed by atoms with Gasteiger partial charge in [-0.05, 0) is 49.8 Å². The van der Waals surface area contributed by atoms with Gasteiger partial charge < -0.3 is 10.4 Å². The zero-order chi connectivity index (χ0) is 14.8. The van der Waals surface area contributed by atoms with Crippen molar-refractivity contribution >= 4 is 17.5 Å². The minimum Gasteiger partial charge on any atom is -0.394 e. The van der Waals surface area contributed by atoms with Crippen molar-refractivity contribution in [2.24, 2.45) is 5.92 Å². The van der Waals surface area contributed by atoms with E-state index >= 15 is 0 Å². The minimum atomic E-state index is -0.646. The zero-order valence-corrected chi connectivity index (χ0v) is 12.2. The molecule has 0 bridgehead atoms. The van der Waals surface area contributed by atoms with Gasteiger partial charge in [-0.25, -0.2) is 4.39 Å². The molecule has 20 heavy (non-hydrogen) atoms. The Morgan fingerprint density at radius 3 is 2.70 bits per heavy atom. The highest BCUT2D eigenvalue weighted by atomic mass is 35.5. The number of benzene rings is 1. The molecule has 1 aliphatic rings. The van der Waals surface area contributed by atoms with Crippen molar-refractivity contribution in [1.29, 1.82) is 0 Å². The van der Waals surface area contributed by atoms with Crippen LogP contribution < -0.4 is 5.32 Å². The Bertz CT molecular complexity index is 499. The van der Waals surface area contributed by atoms with Crippen LogP contribution in [0.1, 0.15) is 43.0 Å². The molecule has 0 heterocycles. The molecule has 0 radical (unpaired) electrons. The predicted octanol–water partition coefficient (Wildman–Crippen LogP) is 3.15. The number of aliphatic hydroxyl groups is 1. The van der Waals surface area contributed by atoms with E-state index in [1.165, 1.54) is 12.1 Å². The van der Waals surface area contributed by atoms with Crippen LogP contribution in [0.15, 0.2) is 18.2 Å². The lowest BCUT2D eigenvalue weighted by atomic mass is 9.77. The molecule has 2 N–H and O–H groups in total. The van der Waals surface area contributed by atoms with Crippen LogP contribution in [-0.4, -0.2) is 23.2 Å². The quantitative estimate of drug-likeness (QED) is 0.901. The Balaban J connectivity index is 2.13. The maximum Gasteiger partial charge on any atom is 0.254 e. The monoisotopic (exact) mass is 299 g/mol. The van der Waals surface area contributed by atoms with Crippen molar-refractivity contribution in [1.82, 2.24) is 5.32 Å². The number of carbonyl (C=O) groups excluding carboxylic acids is 1. The molecule has 1 amide bonds. The van der Waals surface area contributed by atoms with Crippen LogP contribution in [0.25, 0.3) is 0 Å². The number of nitrogens with one attached hydrogen (secondary N) is 1.